The fourth-order valence-electron chi connectivity index (χ4n) is 1.28. The van der Waals surface area contributed by atoms with Gasteiger partial charge in [0, 0.05) is 0 Å². The third-order valence-corrected chi connectivity index (χ3v) is 2.03. The first-order chi connectivity index (χ1) is 5.29. The lowest BCUT2D eigenvalue weighted by atomic mass is 9.98. The molecule has 0 N–H and O–H groups in total. The van der Waals surface area contributed by atoms with Crippen molar-refractivity contribution < 1.29 is 4.74 Å². The van der Waals surface area contributed by atoms with Gasteiger partial charge in [0.25, 0.3) is 0 Å². The van der Waals surface area contributed by atoms with Crippen LogP contribution in [0.5, 0.6) is 0 Å². The Kier molecular flexibility index (Phi) is 2.53. The zero-order valence-corrected chi connectivity index (χ0v) is 7.35. The van der Waals surface area contributed by atoms with Gasteiger partial charge in [-0.2, -0.15) is 0 Å². The van der Waals surface area contributed by atoms with E-state index in [1.54, 1.807) is 7.11 Å². The van der Waals surface area contributed by atoms with Crippen molar-refractivity contribution in [1.29, 1.82) is 0 Å². The molecule has 0 atom stereocenters. The first-order valence-electron chi connectivity index (χ1n) is 3.86. The van der Waals surface area contributed by atoms with Crippen LogP contribution in [0.2, 0.25) is 0 Å². The highest BCUT2D eigenvalue weighted by Crippen LogP contribution is 2.23. The molecule has 0 heterocycles. The second kappa shape index (κ2) is 3.42. The Bertz CT molecular complexity index is 231. The van der Waals surface area contributed by atoms with E-state index in [1.807, 2.05) is 6.08 Å². The Morgan fingerprint density at radius 2 is 2.27 bits per heavy atom. The number of methoxy groups -OCH3 is 1. The molecule has 0 radical (unpaired) electrons. The van der Waals surface area contributed by atoms with E-state index in [-0.39, 0.29) is 0 Å². The fraction of sp³-hybridized carbons (Fsp3) is 0.400. The van der Waals surface area contributed by atoms with Crippen LogP contribution in [0, 0.1) is 0 Å². The first kappa shape index (κ1) is 8.12. The Morgan fingerprint density at radius 3 is 2.82 bits per heavy atom. The maximum atomic E-state index is 5.19. The van der Waals surface area contributed by atoms with Crippen LogP contribution in [0.15, 0.2) is 35.1 Å². The maximum Gasteiger partial charge on any atom is 0.121 e. The highest BCUT2D eigenvalue weighted by Gasteiger charge is 2.07. The van der Waals surface area contributed by atoms with Gasteiger partial charge in [-0.3, -0.25) is 0 Å². The molecule has 0 saturated carbocycles. The second-order valence-electron chi connectivity index (χ2n) is 2.61. The molecule has 0 aliphatic heterocycles. The molecule has 0 saturated heterocycles. The molecule has 60 valence electrons. The van der Waals surface area contributed by atoms with Gasteiger partial charge in [0.1, 0.15) is 5.76 Å². The fourth-order valence-corrected chi connectivity index (χ4v) is 1.28. The van der Waals surface area contributed by atoms with Crippen LogP contribution in [-0.4, -0.2) is 7.11 Å². The summed E-state index contributed by atoms with van der Waals surface area (Å²) < 4.78 is 5.19. The third-order valence-electron chi connectivity index (χ3n) is 2.03. The van der Waals surface area contributed by atoms with E-state index in [0.717, 1.165) is 12.2 Å². The second-order valence-corrected chi connectivity index (χ2v) is 2.61. The van der Waals surface area contributed by atoms with Gasteiger partial charge in [-0.1, -0.05) is 12.2 Å². The Hall–Kier alpha value is -0.980. The van der Waals surface area contributed by atoms with Crippen molar-refractivity contribution in [2.75, 3.05) is 7.11 Å². The zero-order chi connectivity index (χ0) is 8.27. The minimum Gasteiger partial charge on any atom is -0.496 e. The van der Waals surface area contributed by atoms with Crippen LogP contribution in [-0.2, 0) is 4.74 Å². The molecule has 0 aromatic carbocycles. The lowest BCUT2D eigenvalue weighted by molar-refractivity contribution is 0.302. The molecule has 1 nitrogen and oxygen atoms in total. The van der Waals surface area contributed by atoms with Crippen LogP contribution < -0.4 is 0 Å². The molecule has 0 aromatic rings. The monoisotopic (exact) mass is 150 g/mol. The molecule has 0 aromatic heterocycles. The summed E-state index contributed by atoms with van der Waals surface area (Å²) in [6, 6.07) is 0. The van der Waals surface area contributed by atoms with Crippen molar-refractivity contribution in [3.8, 4) is 0 Å². The number of rotatable bonds is 1. The predicted molar refractivity (Wildman–Crippen MR) is 47.2 cm³/mol. The molecule has 1 aliphatic rings. The lowest BCUT2D eigenvalue weighted by Gasteiger charge is -2.13. The largest absolute Gasteiger partial charge is 0.496 e. The molecule has 0 amide bonds. The molecule has 0 bridgehead atoms. The Labute approximate surface area is 68.1 Å². The molecular formula is C10H14O. The molecule has 0 unspecified atom stereocenters. The summed E-state index contributed by atoms with van der Waals surface area (Å²) in [5, 5.41) is 0. The van der Waals surface area contributed by atoms with E-state index in [4.69, 9.17) is 4.74 Å². The van der Waals surface area contributed by atoms with Gasteiger partial charge >= 0.3 is 0 Å². The van der Waals surface area contributed by atoms with E-state index in [0.29, 0.717) is 0 Å². The summed E-state index contributed by atoms with van der Waals surface area (Å²) in [6.07, 6.45) is 7.33. The number of hydrogen-bond donors (Lipinski definition) is 0. The molecular weight excluding hydrogens is 136 g/mol. The summed E-state index contributed by atoms with van der Waals surface area (Å²) in [6.45, 7) is 4.16. The SMILES string of the molecule is C/C=C1\CC=CC(OC)=C1C. The molecule has 1 aliphatic carbocycles. The summed E-state index contributed by atoms with van der Waals surface area (Å²) in [5.41, 5.74) is 2.63. The number of hydrogen-bond acceptors (Lipinski definition) is 1. The molecule has 11 heavy (non-hydrogen) atoms. The van der Waals surface area contributed by atoms with E-state index in [9.17, 15) is 0 Å². The predicted octanol–water partition coefficient (Wildman–Crippen LogP) is 2.81. The average Bonchev–Trinajstić information content (AvgIpc) is 2.05. The number of allylic oxidation sites excluding steroid dienone is 5. The standard InChI is InChI=1S/C10H14O/c1-4-9-6-5-7-10(11-3)8(9)2/h4-5,7H,6H2,1-3H3/b9-4+. The quantitative estimate of drug-likeness (QED) is 0.558. The Morgan fingerprint density at radius 1 is 1.55 bits per heavy atom. The van der Waals surface area contributed by atoms with E-state index >= 15 is 0 Å². The minimum atomic E-state index is 0.990. The van der Waals surface area contributed by atoms with E-state index in [2.05, 4.69) is 26.0 Å². The molecule has 1 heteroatoms. The van der Waals surface area contributed by atoms with Crippen LogP contribution in [0.4, 0.5) is 0 Å². The van der Waals surface area contributed by atoms with Crippen molar-refractivity contribution in [1.82, 2.24) is 0 Å². The van der Waals surface area contributed by atoms with E-state index < -0.39 is 0 Å². The van der Waals surface area contributed by atoms with Crippen LogP contribution >= 0.6 is 0 Å². The van der Waals surface area contributed by atoms with Crippen molar-refractivity contribution in [2.24, 2.45) is 0 Å². The summed E-state index contributed by atoms with van der Waals surface area (Å²) >= 11 is 0. The highest BCUT2D eigenvalue weighted by molar-refractivity contribution is 5.40. The highest BCUT2D eigenvalue weighted by atomic mass is 16.5. The maximum absolute atomic E-state index is 5.19. The van der Waals surface area contributed by atoms with Crippen LogP contribution in [0.25, 0.3) is 0 Å². The van der Waals surface area contributed by atoms with Gasteiger partial charge in [-0.05, 0) is 37.5 Å². The van der Waals surface area contributed by atoms with Gasteiger partial charge < -0.3 is 4.74 Å². The van der Waals surface area contributed by atoms with Gasteiger partial charge in [0.2, 0.25) is 0 Å². The average molecular weight is 150 g/mol. The normalized spacial score (nSPS) is 21.2. The van der Waals surface area contributed by atoms with Gasteiger partial charge in [-0.15, -0.1) is 0 Å². The van der Waals surface area contributed by atoms with Crippen molar-refractivity contribution in [2.45, 2.75) is 20.3 Å². The van der Waals surface area contributed by atoms with Crippen LogP contribution in [0.1, 0.15) is 20.3 Å². The lowest BCUT2D eigenvalue weighted by Crippen LogP contribution is -1.96. The number of ether oxygens (including phenoxy) is 1. The van der Waals surface area contributed by atoms with Crippen molar-refractivity contribution in [3.05, 3.63) is 35.1 Å². The smallest absolute Gasteiger partial charge is 0.121 e. The summed E-state index contributed by atoms with van der Waals surface area (Å²) in [5.74, 6) is 0.990. The van der Waals surface area contributed by atoms with Gasteiger partial charge in [0.15, 0.2) is 0 Å². The minimum absolute atomic E-state index is 0.990. The zero-order valence-electron chi connectivity index (χ0n) is 7.35. The molecule has 0 spiro atoms. The first-order valence-corrected chi connectivity index (χ1v) is 3.86. The van der Waals surface area contributed by atoms with E-state index in [1.165, 1.54) is 11.1 Å². The molecule has 0 fully saturated rings. The molecule has 1 rings (SSSR count). The Balaban J connectivity index is 2.97. The van der Waals surface area contributed by atoms with Crippen LogP contribution in [0.3, 0.4) is 0 Å². The summed E-state index contributed by atoms with van der Waals surface area (Å²) in [4.78, 5) is 0. The van der Waals surface area contributed by atoms with Gasteiger partial charge in [-0.25, -0.2) is 0 Å². The topological polar surface area (TPSA) is 9.23 Å². The summed E-state index contributed by atoms with van der Waals surface area (Å²) in [7, 11) is 1.71. The van der Waals surface area contributed by atoms with Crippen molar-refractivity contribution in [3.63, 3.8) is 0 Å². The van der Waals surface area contributed by atoms with Crippen molar-refractivity contribution >= 4 is 0 Å². The van der Waals surface area contributed by atoms with Gasteiger partial charge in [0.05, 0.1) is 7.11 Å². The third kappa shape index (κ3) is 1.53.